The number of amides is 1. The maximum absolute atomic E-state index is 11.7. The zero-order valence-electron chi connectivity index (χ0n) is 9.05. The van der Waals surface area contributed by atoms with E-state index in [2.05, 4.69) is 10.3 Å². The van der Waals surface area contributed by atoms with Crippen LogP contribution in [0.25, 0.3) is 0 Å². The summed E-state index contributed by atoms with van der Waals surface area (Å²) in [5.41, 5.74) is 0.109. The Balaban J connectivity index is 1.98. The van der Waals surface area contributed by atoms with Crippen molar-refractivity contribution in [3.63, 3.8) is 0 Å². The summed E-state index contributed by atoms with van der Waals surface area (Å²) in [4.78, 5) is 26.2. The minimum Gasteiger partial charge on any atom is -0.478 e. The number of nitrogens with zero attached hydrogens (tertiary/aromatic N) is 1. The van der Waals surface area contributed by atoms with E-state index in [1.165, 1.54) is 18.3 Å². The SMILES string of the molecule is O=C(O)c1ccc(NC(=O)C2CCCS2)nc1. The summed E-state index contributed by atoms with van der Waals surface area (Å²) in [6.07, 6.45) is 3.19. The van der Waals surface area contributed by atoms with E-state index < -0.39 is 5.97 Å². The first-order valence-corrected chi connectivity index (χ1v) is 6.33. The van der Waals surface area contributed by atoms with E-state index in [1.54, 1.807) is 11.8 Å². The fourth-order valence-electron chi connectivity index (χ4n) is 1.59. The van der Waals surface area contributed by atoms with Crippen molar-refractivity contribution in [3.8, 4) is 0 Å². The summed E-state index contributed by atoms with van der Waals surface area (Å²) in [5.74, 6) is 0.334. The number of rotatable bonds is 3. The van der Waals surface area contributed by atoms with Crippen LogP contribution in [0.1, 0.15) is 23.2 Å². The average Bonchev–Trinajstić information content (AvgIpc) is 2.83. The van der Waals surface area contributed by atoms with Crippen molar-refractivity contribution in [2.24, 2.45) is 0 Å². The van der Waals surface area contributed by atoms with Gasteiger partial charge in [0.05, 0.1) is 10.8 Å². The van der Waals surface area contributed by atoms with Crippen LogP contribution >= 0.6 is 11.8 Å². The summed E-state index contributed by atoms with van der Waals surface area (Å²) in [6.45, 7) is 0. The van der Waals surface area contributed by atoms with Crippen LogP contribution in [0.5, 0.6) is 0 Å². The maximum atomic E-state index is 11.7. The third kappa shape index (κ3) is 2.97. The molecule has 1 fully saturated rings. The molecule has 0 aliphatic carbocycles. The van der Waals surface area contributed by atoms with Crippen molar-refractivity contribution in [1.29, 1.82) is 0 Å². The first kappa shape index (κ1) is 11.9. The molecule has 2 N–H and O–H groups in total. The minimum atomic E-state index is -1.03. The molecule has 6 heteroatoms. The molecule has 0 bridgehead atoms. The van der Waals surface area contributed by atoms with Crippen molar-refractivity contribution < 1.29 is 14.7 Å². The number of carbonyl (C=O) groups is 2. The highest BCUT2D eigenvalue weighted by molar-refractivity contribution is 8.00. The van der Waals surface area contributed by atoms with Gasteiger partial charge >= 0.3 is 5.97 Å². The number of carbonyl (C=O) groups excluding carboxylic acids is 1. The number of carboxylic acids is 1. The molecule has 5 nitrogen and oxygen atoms in total. The molecule has 1 saturated heterocycles. The number of hydrogen-bond donors (Lipinski definition) is 2. The smallest absolute Gasteiger partial charge is 0.337 e. The van der Waals surface area contributed by atoms with Gasteiger partial charge in [-0.25, -0.2) is 9.78 Å². The highest BCUT2D eigenvalue weighted by Crippen LogP contribution is 2.26. The van der Waals surface area contributed by atoms with Crippen molar-refractivity contribution in [2.45, 2.75) is 18.1 Å². The molecule has 1 unspecified atom stereocenters. The Labute approximate surface area is 103 Å². The van der Waals surface area contributed by atoms with Crippen LogP contribution < -0.4 is 5.32 Å². The topological polar surface area (TPSA) is 79.3 Å². The lowest BCUT2D eigenvalue weighted by molar-refractivity contribution is -0.115. The van der Waals surface area contributed by atoms with E-state index in [1.807, 2.05) is 0 Å². The molecular weight excluding hydrogens is 240 g/mol. The second-order valence-electron chi connectivity index (χ2n) is 3.73. The van der Waals surface area contributed by atoms with Crippen molar-refractivity contribution in [3.05, 3.63) is 23.9 Å². The van der Waals surface area contributed by atoms with Gasteiger partial charge in [0.25, 0.3) is 0 Å². The summed E-state index contributed by atoms with van der Waals surface area (Å²) >= 11 is 1.64. The van der Waals surface area contributed by atoms with Crippen LogP contribution in [0, 0.1) is 0 Å². The molecule has 1 aliphatic heterocycles. The standard InChI is InChI=1S/C11H12N2O3S/c14-10(8-2-1-5-17-8)13-9-4-3-7(6-12-9)11(15)16/h3-4,6,8H,1-2,5H2,(H,15,16)(H,12,13,14). The van der Waals surface area contributed by atoms with Crippen LogP contribution in [0.3, 0.4) is 0 Å². The van der Waals surface area contributed by atoms with Crippen LogP contribution in [0.2, 0.25) is 0 Å². The Hall–Kier alpha value is -1.56. The van der Waals surface area contributed by atoms with Gasteiger partial charge in [-0.05, 0) is 30.7 Å². The maximum Gasteiger partial charge on any atom is 0.337 e. The van der Waals surface area contributed by atoms with Crippen LogP contribution in [0.15, 0.2) is 18.3 Å². The fourth-order valence-corrected chi connectivity index (χ4v) is 2.75. The fraction of sp³-hybridized carbons (Fsp3) is 0.364. The van der Waals surface area contributed by atoms with Gasteiger partial charge in [-0.2, -0.15) is 0 Å². The third-order valence-corrected chi connectivity index (χ3v) is 3.86. The van der Waals surface area contributed by atoms with E-state index >= 15 is 0 Å². The number of hydrogen-bond acceptors (Lipinski definition) is 4. The molecule has 2 heterocycles. The zero-order chi connectivity index (χ0) is 12.3. The zero-order valence-corrected chi connectivity index (χ0v) is 9.87. The number of nitrogens with one attached hydrogen (secondary N) is 1. The number of anilines is 1. The first-order chi connectivity index (χ1) is 8.16. The molecule has 1 atom stereocenters. The Morgan fingerprint density at radius 2 is 2.29 bits per heavy atom. The predicted octanol–water partition coefficient (Wildman–Crippen LogP) is 1.61. The lowest BCUT2D eigenvalue weighted by Crippen LogP contribution is -2.23. The van der Waals surface area contributed by atoms with Crippen molar-refractivity contribution in [1.82, 2.24) is 4.98 Å². The number of carboxylic acid groups (broad SMARTS) is 1. The molecule has 1 aromatic heterocycles. The summed E-state index contributed by atoms with van der Waals surface area (Å²) < 4.78 is 0. The van der Waals surface area contributed by atoms with Crippen LogP contribution in [0.4, 0.5) is 5.82 Å². The molecule has 90 valence electrons. The largest absolute Gasteiger partial charge is 0.478 e. The normalized spacial score (nSPS) is 18.9. The lowest BCUT2D eigenvalue weighted by atomic mass is 10.2. The molecule has 1 aliphatic rings. The van der Waals surface area contributed by atoms with E-state index in [-0.39, 0.29) is 16.7 Å². The molecule has 0 radical (unpaired) electrons. The monoisotopic (exact) mass is 252 g/mol. The number of pyridine rings is 1. The Kier molecular flexibility index (Phi) is 3.63. The van der Waals surface area contributed by atoms with Gasteiger partial charge in [0, 0.05) is 6.20 Å². The summed E-state index contributed by atoms with van der Waals surface area (Å²) in [5, 5.41) is 11.4. The summed E-state index contributed by atoms with van der Waals surface area (Å²) in [7, 11) is 0. The molecule has 1 aromatic rings. The van der Waals surface area contributed by atoms with Gasteiger partial charge in [0.2, 0.25) is 5.91 Å². The number of aromatic nitrogens is 1. The molecule has 0 spiro atoms. The van der Waals surface area contributed by atoms with Crippen LogP contribution in [-0.2, 0) is 4.79 Å². The molecular formula is C11H12N2O3S. The van der Waals surface area contributed by atoms with E-state index in [0.717, 1.165) is 18.6 Å². The Morgan fingerprint density at radius 1 is 1.47 bits per heavy atom. The van der Waals surface area contributed by atoms with Crippen molar-refractivity contribution in [2.75, 3.05) is 11.1 Å². The number of aromatic carboxylic acids is 1. The van der Waals surface area contributed by atoms with Gasteiger partial charge < -0.3 is 10.4 Å². The third-order valence-electron chi connectivity index (χ3n) is 2.48. The van der Waals surface area contributed by atoms with Crippen LogP contribution in [-0.4, -0.2) is 33.0 Å². The van der Waals surface area contributed by atoms with Gasteiger partial charge in [0.1, 0.15) is 5.82 Å². The highest BCUT2D eigenvalue weighted by Gasteiger charge is 2.23. The quantitative estimate of drug-likeness (QED) is 0.854. The van der Waals surface area contributed by atoms with Gasteiger partial charge in [0.15, 0.2) is 0 Å². The predicted molar refractivity (Wildman–Crippen MR) is 65.3 cm³/mol. The first-order valence-electron chi connectivity index (χ1n) is 5.28. The lowest BCUT2D eigenvalue weighted by Gasteiger charge is -2.08. The minimum absolute atomic E-state index is 0.00375. The average molecular weight is 252 g/mol. The Morgan fingerprint density at radius 3 is 2.82 bits per heavy atom. The van der Waals surface area contributed by atoms with Gasteiger partial charge in [-0.3, -0.25) is 4.79 Å². The molecule has 0 saturated carbocycles. The molecule has 17 heavy (non-hydrogen) atoms. The summed E-state index contributed by atoms with van der Waals surface area (Å²) in [6, 6.07) is 2.92. The number of thioether (sulfide) groups is 1. The van der Waals surface area contributed by atoms with Gasteiger partial charge in [-0.1, -0.05) is 0 Å². The second kappa shape index (κ2) is 5.18. The molecule has 0 aromatic carbocycles. The van der Waals surface area contributed by atoms with Gasteiger partial charge in [-0.15, -0.1) is 11.8 Å². The highest BCUT2D eigenvalue weighted by atomic mass is 32.2. The second-order valence-corrected chi connectivity index (χ2v) is 5.04. The van der Waals surface area contributed by atoms with E-state index in [4.69, 9.17) is 5.11 Å². The molecule has 2 rings (SSSR count). The molecule has 1 amide bonds. The van der Waals surface area contributed by atoms with Crippen molar-refractivity contribution >= 4 is 29.5 Å². The van der Waals surface area contributed by atoms with E-state index in [9.17, 15) is 9.59 Å². The Bertz CT molecular complexity index is 427. The van der Waals surface area contributed by atoms with E-state index in [0.29, 0.717) is 5.82 Å².